The molecule has 0 spiro atoms. The van der Waals surface area contributed by atoms with E-state index in [2.05, 4.69) is 26.3 Å². The first-order valence-corrected chi connectivity index (χ1v) is 10.3. The molecule has 27 heavy (non-hydrogen) atoms. The molecule has 2 N–H and O–H groups in total. The van der Waals surface area contributed by atoms with E-state index in [0.29, 0.717) is 22.4 Å². The Labute approximate surface area is 159 Å². The van der Waals surface area contributed by atoms with Crippen molar-refractivity contribution in [3.05, 3.63) is 42.0 Å². The van der Waals surface area contributed by atoms with Crippen LogP contribution in [0.1, 0.15) is 5.56 Å². The number of aromatic nitrogens is 2. The number of ether oxygens (including phenoxy) is 2. The van der Waals surface area contributed by atoms with Gasteiger partial charge in [-0.1, -0.05) is 18.2 Å². The van der Waals surface area contributed by atoms with Gasteiger partial charge in [-0.2, -0.15) is 0 Å². The van der Waals surface area contributed by atoms with E-state index in [9.17, 15) is 4.21 Å². The van der Waals surface area contributed by atoms with Crippen LogP contribution in [0.4, 0.5) is 5.69 Å². The zero-order valence-electron chi connectivity index (χ0n) is 14.7. The van der Waals surface area contributed by atoms with Gasteiger partial charge < -0.3 is 24.7 Å². The van der Waals surface area contributed by atoms with Crippen LogP contribution in [0.25, 0.3) is 11.0 Å². The number of benzene rings is 2. The number of piperazine rings is 1. The molecule has 1 saturated heterocycles. The van der Waals surface area contributed by atoms with Crippen LogP contribution >= 0.6 is 0 Å². The van der Waals surface area contributed by atoms with Crippen molar-refractivity contribution >= 4 is 27.5 Å². The quantitative estimate of drug-likeness (QED) is 0.716. The molecule has 140 valence electrons. The van der Waals surface area contributed by atoms with E-state index in [1.54, 1.807) is 0 Å². The van der Waals surface area contributed by atoms with Crippen LogP contribution in [0.15, 0.2) is 41.6 Å². The monoisotopic (exact) mass is 384 g/mol. The van der Waals surface area contributed by atoms with Crippen LogP contribution in [0.5, 0.6) is 11.5 Å². The summed E-state index contributed by atoms with van der Waals surface area (Å²) in [6.45, 7) is 4.08. The smallest absolute Gasteiger partial charge is 0.231 e. The number of nitrogens with one attached hydrogen (secondary N) is 2. The third-order valence-electron chi connectivity index (χ3n) is 4.91. The van der Waals surface area contributed by atoms with Crippen LogP contribution in [-0.4, -0.2) is 47.1 Å². The van der Waals surface area contributed by atoms with Gasteiger partial charge in [0.05, 0.1) is 27.6 Å². The van der Waals surface area contributed by atoms with Crippen LogP contribution in [0, 0.1) is 0 Å². The molecule has 5 rings (SSSR count). The van der Waals surface area contributed by atoms with Crippen molar-refractivity contribution < 1.29 is 13.7 Å². The maximum absolute atomic E-state index is 13.0. The molecule has 0 aliphatic carbocycles. The van der Waals surface area contributed by atoms with Crippen LogP contribution < -0.4 is 19.7 Å². The Morgan fingerprint density at radius 2 is 1.89 bits per heavy atom. The first-order valence-electron chi connectivity index (χ1n) is 8.99. The highest BCUT2D eigenvalue weighted by Gasteiger charge is 2.20. The average molecular weight is 384 g/mol. The predicted octanol–water partition coefficient (Wildman–Crippen LogP) is 2.01. The number of H-pyrrole nitrogens is 1. The molecule has 1 unspecified atom stereocenters. The highest BCUT2D eigenvalue weighted by atomic mass is 32.2. The highest BCUT2D eigenvalue weighted by molar-refractivity contribution is 7.84. The summed E-state index contributed by atoms with van der Waals surface area (Å²) in [4.78, 5) is 10.0. The SMILES string of the molecule is O=S(Cc1ccccc1N1CCNCC1)c1nc2cc3c(cc2[nH]1)OCO3. The summed E-state index contributed by atoms with van der Waals surface area (Å²) in [5, 5.41) is 3.84. The molecule has 0 amide bonds. The molecule has 2 aromatic carbocycles. The fourth-order valence-electron chi connectivity index (χ4n) is 3.54. The maximum Gasteiger partial charge on any atom is 0.231 e. The lowest BCUT2D eigenvalue weighted by molar-refractivity contribution is 0.174. The van der Waals surface area contributed by atoms with Crippen molar-refractivity contribution in [1.82, 2.24) is 15.3 Å². The summed E-state index contributed by atoms with van der Waals surface area (Å²) in [6.07, 6.45) is 0. The maximum atomic E-state index is 13.0. The van der Waals surface area contributed by atoms with Crippen molar-refractivity contribution in [1.29, 1.82) is 0 Å². The van der Waals surface area contributed by atoms with Crippen molar-refractivity contribution in [3.8, 4) is 11.5 Å². The van der Waals surface area contributed by atoms with E-state index in [1.807, 2.05) is 30.3 Å². The van der Waals surface area contributed by atoms with E-state index in [1.165, 1.54) is 0 Å². The van der Waals surface area contributed by atoms with Gasteiger partial charge in [0.2, 0.25) is 6.79 Å². The number of imidazole rings is 1. The molecule has 2 aliphatic heterocycles. The summed E-state index contributed by atoms with van der Waals surface area (Å²) in [6, 6.07) is 11.9. The van der Waals surface area contributed by atoms with Gasteiger partial charge in [-0.15, -0.1) is 0 Å². The van der Waals surface area contributed by atoms with Crippen molar-refractivity contribution in [2.24, 2.45) is 0 Å². The lowest BCUT2D eigenvalue weighted by Crippen LogP contribution is -2.43. The van der Waals surface area contributed by atoms with E-state index in [-0.39, 0.29) is 6.79 Å². The first kappa shape index (κ1) is 16.6. The molecule has 1 fully saturated rings. The predicted molar refractivity (Wildman–Crippen MR) is 104 cm³/mol. The molecule has 0 bridgehead atoms. The first-order chi connectivity index (χ1) is 13.3. The molecular weight excluding hydrogens is 364 g/mol. The normalized spacial score (nSPS) is 17.4. The second-order valence-electron chi connectivity index (χ2n) is 6.62. The summed E-state index contributed by atoms with van der Waals surface area (Å²) in [7, 11) is -1.27. The molecule has 1 aromatic heterocycles. The van der Waals surface area contributed by atoms with Gasteiger partial charge in [-0.05, 0) is 11.6 Å². The Bertz CT molecular complexity index is 972. The number of hydrogen-bond donors (Lipinski definition) is 2. The van der Waals surface area contributed by atoms with Gasteiger partial charge >= 0.3 is 0 Å². The van der Waals surface area contributed by atoms with Gasteiger partial charge in [0.15, 0.2) is 16.7 Å². The van der Waals surface area contributed by atoms with Crippen molar-refractivity contribution in [2.45, 2.75) is 10.9 Å². The Morgan fingerprint density at radius 1 is 1.11 bits per heavy atom. The zero-order chi connectivity index (χ0) is 18.2. The van der Waals surface area contributed by atoms with Crippen LogP contribution in [0.2, 0.25) is 0 Å². The topological polar surface area (TPSA) is 79.5 Å². The fraction of sp³-hybridized carbons (Fsp3) is 0.316. The molecule has 2 aliphatic rings. The molecule has 3 heterocycles. The number of hydrogen-bond acceptors (Lipinski definition) is 6. The zero-order valence-corrected chi connectivity index (χ0v) is 15.6. The van der Waals surface area contributed by atoms with E-state index >= 15 is 0 Å². The summed E-state index contributed by atoms with van der Waals surface area (Å²) >= 11 is 0. The number of nitrogens with zero attached hydrogens (tertiary/aromatic N) is 2. The number of anilines is 1. The third-order valence-corrected chi connectivity index (χ3v) is 6.10. The molecule has 3 aromatic rings. The lowest BCUT2D eigenvalue weighted by Gasteiger charge is -2.31. The number of fused-ring (bicyclic) bond motifs is 2. The minimum Gasteiger partial charge on any atom is -0.454 e. The molecule has 0 saturated carbocycles. The van der Waals surface area contributed by atoms with Crippen LogP contribution in [-0.2, 0) is 16.6 Å². The van der Waals surface area contributed by atoms with E-state index in [4.69, 9.17) is 9.47 Å². The minimum absolute atomic E-state index is 0.226. The standard InChI is InChI=1S/C19H20N4O3S/c24-27(11-13-3-1-2-4-16(13)23-7-5-20-6-8-23)19-21-14-9-17-18(26-12-25-17)10-15(14)22-19/h1-4,9-10,20H,5-8,11-12H2,(H,21,22). The number of para-hydroxylation sites is 1. The average Bonchev–Trinajstić information content (AvgIpc) is 3.33. The van der Waals surface area contributed by atoms with Gasteiger partial charge in [0, 0.05) is 44.0 Å². The lowest BCUT2D eigenvalue weighted by atomic mass is 10.1. The van der Waals surface area contributed by atoms with Gasteiger partial charge in [0.25, 0.3) is 0 Å². The largest absolute Gasteiger partial charge is 0.454 e. The van der Waals surface area contributed by atoms with Crippen LogP contribution in [0.3, 0.4) is 0 Å². The molecule has 1 atom stereocenters. The van der Waals surface area contributed by atoms with Gasteiger partial charge in [0.1, 0.15) is 0 Å². The molecule has 0 radical (unpaired) electrons. The summed E-state index contributed by atoms with van der Waals surface area (Å²) < 4.78 is 23.8. The molecule has 7 nitrogen and oxygen atoms in total. The summed E-state index contributed by atoms with van der Waals surface area (Å²) in [5.74, 6) is 1.79. The van der Waals surface area contributed by atoms with Gasteiger partial charge in [-0.3, -0.25) is 4.21 Å². The van der Waals surface area contributed by atoms with E-state index < -0.39 is 10.8 Å². The highest BCUT2D eigenvalue weighted by Crippen LogP contribution is 2.35. The second-order valence-corrected chi connectivity index (χ2v) is 7.99. The Kier molecular flexibility index (Phi) is 4.21. The molecular formula is C19H20N4O3S. The minimum atomic E-state index is -1.27. The number of rotatable bonds is 4. The van der Waals surface area contributed by atoms with E-state index in [0.717, 1.165) is 48.5 Å². The summed E-state index contributed by atoms with van der Waals surface area (Å²) in [5.41, 5.74) is 3.77. The fourth-order valence-corrected chi connectivity index (χ4v) is 4.63. The molecule has 8 heteroatoms. The third kappa shape index (κ3) is 3.15. The number of aromatic amines is 1. The van der Waals surface area contributed by atoms with Crippen molar-refractivity contribution in [3.63, 3.8) is 0 Å². The Hall–Kier alpha value is -2.58. The Balaban J connectivity index is 1.41. The van der Waals surface area contributed by atoms with Gasteiger partial charge in [-0.25, -0.2) is 4.98 Å². The Morgan fingerprint density at radius 3 is 2.74 bits per heavy atom. The van der Waals surface area contributed by atoms with Crippen molar-refractivity contribution in [2.75, 3.05) is 37.9 Å². The second kappa shape index (κ2) is 6.86.